The number of thiophene rings is 1. The number of aliphatic carboxylic acids is 1. The molecule has 0 spiro atoms. The van der Waals surface area contributed by atoms with Crippen molar-refractivity contribution in [3.8, 4) is 0 Å². The number of amides is 1. The molecule has 5 nitrogen and oxygen atoms in total. The maximum absolute atomic E-state index is 12.4. The monoisotopic (exact) mass is 324 g/mol. The summed E-state index contributed by atoms with van der Waals surface area (Å²) >= 11 is 1.63. The average Bonchev–Trinajstić information content (AvgIpc) is 3.05. The van der Waals surface area contributed by atoms with Crippen LogP contribution in [0.4, 0.5) is 0 Å². The Hall–Kier alpha value is -1.40. The molecular formula is C16H24N2O3S. The topological polar surface area (TPSA) is 69.6 Å². The molecule has 1 unspecified atom stereocenters. The molecule has 0 aliphatic carbocycles. The van der Waals surface area contributed by atoms with Crippen LogP contribution in [0.25, 0.3) is 0 Å². The lowest BCUT2D eigenvalue weighted by molar-refractivity contribution is -0.142. The fourth-order valence-electron chi connectivity index (χ4n) is 2.86. The SMILES string of the molecule is CC(C)(C)C(NC(=O)CN1CCC[C@H]1C(=O)O)c1cccs1. The molecular weight excluding hydrogens is 300 g/mol. The van der Waals surface area contributed by atoms with Crippen LogP contribution in [-0.4, -0.2) is 41.0 Å². The van der Waals surface area contributed by atoms with Crippen molar-refractivity contribution in [2.24, 2.45) is 5.41 Å². The number of carbonyl (C=O) groups excluding carboxylic acids is 1. The molecule has 22 heavy (non-hydrogen) atoms. The average molecular weight is 324 g/mol. The molecule has 0 bridgehead atoms. The lowest BCUT2D eigenvalue weighted by Crippen LogP contribution is -2.45. The van der Waals surface area contributed by atoms with E-state index in [2.05, 4.69) is 26.1 Å². The van der Waals surface area contributed by atoms with Crippen molar-refractivity contribution < 1.29 is 14.7 Å². The van der Waals surface area contributed by atoms with Gasteiger partial charge in [0.05, 0.1) is 12.6 Å². The molecule has 1 aliphatic rings. The standard InChI is InChI=1S/C16H24N2O3S/c1-16(2,3)14(12-7-5-9-22-12)17-13(19)10-18-8-4-6-11(18)15(20)21/h5,7,9,11,14H,4,6,8,10H2,1-3H3,(H,17,19)(H,20,21)/t11-,14?/m0/s1. The maximum Gasteiger partial charge on any atom is 0.320 e. The Morgan fingerprint density at radius 2 is 2.23 bits per heavy atom. The predicted octanol–water partition coefficient (Wildman–Crippen LogP) is 2.50. The highest BCUT2D eigenvalue weighted by atomic mass is 32.1. The van der Waals surface area contributed by atoms with Crippen LogP contribution >= 0.6 is 11.3 Å². The van der Waals surface area contributed by atoms with Crippen molar-refractivity contribution in [1.29, 1.82) is 0 Å². The molecule has 2 heterocycles. The molecule has 1 aromatic heterocycles. The molecule has 2 atom stereocenters. The van der Waals surface area contributed by atoms with E-state index < -0.39 is 12.0 Å². The first-order valence-corrected chi connectivity index (χ1v) is 8.46. The highest BCUT2D eigenvalue weighted by Crippen LogP contribution is 2.35. The Labute approximate surface area is 135 Å². The van der Waals surface area contributed by atoms with Crippen LogP contribution in [-0.2, 0) is 9.59 Å². The van der Waals surface area contributed by atoms with Gasteiger partial charge in [-0.3, -0.25) is 14.5 Å². The number of nitrogens with zero attached hydrogens (tertiary/aromatic N) is 1. The van der Waals surface area contributed by atoms with Gasteiger partial charge in [-0.15, -0.1) is 11.3 Å². The van der Waals surface area contributed by atoms with Crippen molar-refractivity contribution in [2.45, 2.75) is 45.7 Å². The van der Waals surface area contributed by atoms with Gasteiger partial charge in [0, 0.05) is 4.88 Å². The fourth-order valence-corrected chi connectivity index (χ4v) is 3.88. The van der Waals surface area contributed by atoms with Crippen LogP contribution in [0, 0.1) is 5.41 Å². The molecule has 1 fully saturated rings. The van der Waals surface area contributed by atoms with Crippen LogP contribution < -0.4 is 5.32 Å². The van der Waals surface area contributed by atoms with Crippen molar-refractivity contribution in [2.75, 3.05) is 13.1 Å². The molecule has 122 valence electrons. The Bertz CT molecular complexity index is 522. The number of carboxylic acids is 1. The third-order valence-corrected chi connectivity index (χ3v) is 4.93. The minimum Gasteiger partial charge on any atom is -0.480 e. The van der Waals surface area contributed by atoms with Gasteiger partial charge >= 0.3 is 5.97 Å². The minimum atomic E-state index is -0.837. The Balaban J connectivity index is 2.01. The number of carbonyl (C=O) groups is 2. The zero-order valence-electron chi connectivity index (χ0n) is 13.3. The molecule has 1 aliphatic heterocycles. The normalized spacial score (nSPS) is 20.8. The first-order valence-electron chi connectivity index (χ1n) is 7.58. The van der Waals surface area contributed by atoms with Gasteiger partial charge in [-0.1, -0.05) is 26.8 Å². The van der Waals surface area contributed by atoms with Gasteiger partial charge in [-0.05, 0) is 36.2 Å². The van der Waals surface area contributed by atoms with Crippen molar-refractivity contribution in [1.82, 2.24) is 10.2 Å². The zero-order chi connectivity index (χ0) is 16.3. The van der Waals surface area contributed by atoms with E-state index in [4.69, 9.17) is 0 Å². The number of hydrogen-bond donors (Lipinski definition) is 2. The van der Waals surface area contributed by atoms with E-state index in [1.54, 1.807) is 16.2 Å². The van der Waals surface area contributed by atoms with E-state index in [0.717, 1.165) is 11.3 Å². The summed E-state index contributed by atoms with van der Waals surface area (Å²) in [6.45, 7) is 7.09. The Morgan fingerprint density at radius 3 is 2.77 bits per heavy atom. The van der Waals surface area contributed by atoms with E-state index in [1.165, 1.54) is 0 Å². The number of rotatable bonds is 5. The van der Waals surface area contributed by atoms with Gasteiger partial charge in [0.15, 0.2) is 0 Å². The summed E-state index contributed by atoms with van der Waals surface area (Å²) < 4.78 is 0. The van der Waals surface area contributed by atoms with E-state index in [1.807, 2.05) is 17.5 Å². The van der Waals surface area contributed by atoms with E-state index in [-0.39, 0.29) is 23.9 Å². The second-order valence-electron chi connectivity index (χ2n) is 6.85. The molecule has 1 saturated heterocycles. The maximum atomic E-state index is 12.4. The third-order valence-electron chi connectivity index (χ3n) is 3.99. The molecule has 0 radical (unpaired) electrons. The molecule has 0 saturated carbocycles. The van der Waals surface area contributed by atoms with E-state index in [9.17, 15) is 14.7 Å². The zero-order valence-corrected chi connectivity index (χ0v) is 14.2. The van der Waals surface area contributed by atoms with Crippen molar-refractivity contribution >= 4 is 23.2 Å². The first-order chi connectivity index (χ1) is 10.3. The summed E-state index contributed by atoms with van der Waals surface area (Å²) in [7, 11) is 0. The highest BCUT2D eigenvalue weighted by Gasteiger charge is 2.33. The van der Waals surface area contributed by atoms with Crippen LogP contribution in [0.2, 0.25) is 0 Å². The van der Waals surface area contributed by atoms with E-state index >= 15 is 0 Å². The number of hydrogen-bond acceptors (Lipinski definition) is 4. The quantitative estimate of drug-likeness (QED) is 0.873. The minimum absolute atomic E-state index is 0.0640. The number of likely N-dealkylation sites (tertiary alicyclic amines) is 1. The number of carboxylic acid groups (broad SMARTS) is 1. The van der Waals surface area contributed by atoms with Crippen LogP contribution in [0.3, 0.4) is 0 Å². The Morgan fingerprint density at radius 1 is 1.50 bits per heavy atom. The van der Waals surface area contributed by atoms with Crippen molar-refractivity contribution in [3.05, 3.63) is 22.4 Å². The second-order valence-corrected chi connectivity index (χ2v) is 7.83. The summed E-state index contributed by atoms with van der Waals surface area (Å²) in [6.07, 6.45) is 1.45. The van der Waals surface area contributed by atoms with Gasteiger partial charge < -0.3 is 10.4 Å². The molecule has 1 amide bonds. The fraction of sp³-hybridized carbons (Fsp3) is 0.625. The number of nitrogens with one attached hydrogen (secondary N) is 1. The summed E-state index contributed by atoms with van der Waals surface area (Å²) in [5.41, 5.74) is -0.0995. The largest absolute Gasteiger partial charge is 0.480 e. The van der Waals surface area contributed by atoms with Crippen LogP contribution in [0.15, 0.2) is 17.5 Å². The van der Waals surface area contributed by atoms with Gasteiger partial charge in [0.2, 0.25) is 5.91 Å². The predicted molar refractivity (Wildman–Crippen MR) is 86.9 cm³/mol. The van der Waals surface area contributed by atoms with Crippen molar-refractivity contribution in [3.63, 3.8) is 0 Å². The summed E-state index contributed by atoms with van der Waals surface area (Å²) in [4.78, 5) is 26.4. The highest BCUT2D eigenvalue weighted by molar-refractivity contribution is 7.10. The van der Waals surface area contributed by atoms with Gasteiger partial charge in [0.1, 0.15) is 6.04 Å². The molecule has 6 heteroatoms. The van der Waals surface area contributed by atoms with Gasteiger partial charge in [-0.2, -0.15) is 0 Å². The molecule has 2 rings (SSSR count). The Kier molecular flexibility index (Phi) is 5.24. The smallest absolute Gasteiger partial charge is 0.320 e. The van der Waals surface area contributed by atoms with Gasteiger partial charge in [-0.25, -0.2) is 0 Å². The summed E-state index contributed by atoms with van der Waals surface area (Å²) in [5, 5.41) is 14.3. The van der Waals surface area contributed by atoms with Crippen LogP contribution in [0.5, 0.6) is 0 Å². The molecule has 2 N–H and O–H groups in total. The van der Waals surface area contributed by atoms with E-state index in [0.29, 0.717) is 13.0 Å². The third kappa shape index (κ3) is 4.08. The van der Waals surface area contributed by atoms with Gasteiger partial charge in [0.25, 0.3) is 0 Å². The summed E-state index contributed by atoms with van der Waals surface area (Å²) in [5.74, 6) is -0.947. The molecule has 1 aromatic rings. The lowest BCUT2D eigenvalue weighted by Gasteiger charge is -2.31. The summed E-state index contributed by atoms with van der Waals surface area (Å²) in [6, 6.07) is 3.41. The molecule has 0 aromatic carbocycles. The lowest BCUT2D eigenvalue weighted by atomic mass is 9.85. The first kappa shape index (κ1) is 17.0. The van der Waals surface area contributed by atoms with Crippen LogP contribution in [0.1, 0.15) is 44.5 Å². The second kappa shape index (κ2) is 6.79.